The topological polar surface area (TPSA) is 87.5 Å². The van der Waals surface area contributed by atoms with Gasteiger partial charge in [-0.05, 0) is 36.1 Å². The number of ether oxygens (including phenoxy) is 3. The van der Waals surface area contributed by atoms with Crippen molar-refractivity contribution >= 4 is 23.5 Å². The number of allylic oxidation sites excluding steroid dienone is 2. The summed E-state index contributed by atoms with van der Waals surface area (Å²) in [5, 5.41) is 8.83. The Balaban J connectivity index is 1.58. The van der Waals surface area contributed by atoms with E-state index in [0.717, 1.165) is 35.4 Å². The molecule has 3 aromatic rings. The number of hydrogen-bond acceptors (Lipinski definition) is 8. The SMILES string of the molecule is COc1cc([C@@H]2C3=C(CCCC3=O)Nc3nc(SCc4ccccc4)nn32)cc(OC)c1OC. The Labute approximate surface area is 202 Å². The van der Waals surface area contributed by atoms with E-state index in [4.69, 9.17) is 24.3 Å². The molecule has 9 heteroatoms. The van der Waals surface area contributed by atoms with Crippen molar-refractivity contribution in [2.45, 2.75) is 36.2 Å². The summed E-state index contributed by atoms with van der Waals surface area (Å²) >= 11 is 1.56. The van der Waals surface area contributed by atoms with E-state index in [1.54, 1.807) is 37.8 Å². The lowest BCUT2D eigenvalue weighted by Gasteiger charge is -2.32. The first-order valence-corrected chi connectivity index (χ1v) is 12.1. The second-order valence-electron chi connectivity index (χ2n) is 8.09. The molecule has 8 nitrogen and oxygen atoms in total. The van der Waals surface area contributed by atoms with Gasteiger partial charge in [0.1, 0.15) is 6.04 Å². The third kappa shape index (κ3) is 4.00. The van der Waals surface area contributed by atoms with Crippen LogP contribution < -0.4 is 19.5 Å². The molecule has 1 atom stereocenters. The van der Waals surface area contributed by atoms with Crippen LogP contribution in [0.4, 0.5) is 5.95 Å². The number of Topliss-reactive ketones (excluding diaryl/α,β-unsaturated/α-hetero) is 1. The molecule has 0 saturated heterocycles. The molecule has 2 aliphatic rings. The zero-order chi connectivity index (χ0) is 23.7. The van der Waals surface area contributed by atoms with Crippen LogP contribution in [0.2, 0.25) is 0 Å². The van der Waals surface area contributed by atoms with Crippen molar-refractivity contribution < 1.29 is 19.0 Å². The lowest BCUT2D eigenvalue weighted by molar-refractivity contribution is -0.116. The summed E-state index contributed by atoms with van der Waals surface area (Å²) in [7, 11) is 4.74. The summed E-state index contributed by atoms with van der Waals surface area (Å²) in [6.07, 6.45) is 2.12. The minimum atomic E-state index is -0.439. The van der Waals surface area contributed by atoms with E-state index < -0.39 is 6.04 Å². The highest BCUT2D eigenvalue weighted by atomic mass is 32.2. The highest BCUT2D eigenvalue weighted by Crippen LogP contribution is 2.45. The number of nitrogens with zero attached hydrogens (tertiary/aromatic N) is 3. The first-order chi connectivity index (χ1) is 16.6. The standard InChI is InChI=1S/C25H26N4O4S/c1-31-19-12-16(13-20(32-2)23(19)33-3)22-21-17(10-7-11-18(21)30)26-24-27-25(28-29(22)24)34-14-15-8-5-4-6-9-15/h4-6,8-9,12-13,22H,7,10-11,14H2,1-3H3,(H,26,27,28)/t22-/m1/s1. The second-order valence-corrected chi connectivity index (χ2v) is 9.03. The number of hydrogen-bond donors (Lipinski definition) is 1. The van der Waals surface area contributed by atoms with Crippen LogP contribution in [0.25, 0.3) is 0 Å². The molecule has 0 radical (unpaired) electrons. The fraction of sp³-hybridized carbons (Fsp3) is 0.320. The summed E-state index contributed by atoms with van der Waals surface area (Å²) in [4.78, 5) is 17.9. The maximum Gasteiger partial charge on any atom is 0.227 e. The third-order valence-corrected chi connectivity index (χ3v) is 6.97. The summed E-state index contributed by atoms with van der Waals surface area (Å²) < 4.78 is 18.5. The molecule has 1 aromatic heterocycles. The van der Waals surface area contributed by atoms with Gasteiger partial charge < -0.3 is 19.5 Å². The maximum absolute atomic E-state index is 13.1. The average molecular weight is 479 g/mol. The quantitative estimate of drug-likeness (QED) is 0.493. The van der Waals surface area contributed by atoms with Crippen molar-refractivity contribution in [2.75, 3.05) is 26.6 Å². The number of anilines is 1. The van der Waals surface area contributed by atoms with Gasteiger partial charge in [-0.15, -0.1) is 5.10 Å². The third-order valence-electron chi connectivity index (χ3n) is 6.06. The van der Waals surface area contributed by atoms with E-state index in [2.05, 4.69) is 17.4 Å². The van der Waals surface area contributed by atoms with E-state index in [0.29, 0.717) is 34.8 Å². The summed E-state index contributed by atoms with van der Waals surface area (Å²) in [6.45, 7) is 0. The van der Waals surface area contributed by atoms with E-state index in [-0.39, 0.29) is 5.78 Å². The van der Waals surface area contributed by atoms with Crippen molar-refractivity contribution in [3.8, 4) is 17.2 Å². The van der Waals surface area contributed by atoms with Gasteiger partial charge in [-0.1, -0.05) is 42.1 Å². The predicted molar refractivity (Wildman–Crippen MR) is 130 cm³/mol. The van der Waals surface area contributed by atoms with Crippen LogP contribution in [0.5, 0.6) is 17.2 Å². The number of thioether (sulfide) groups is 1. The molecule has 0 fully saturated rings. The van der Waals surface area contributed by atoms with Gasteiger partial charge in [0.05, 0.1) is 21.3 Å². The first-order valence-electron chi connectivity index (χ1n) is 11.1. The molecule has 0 unspecified atom stereocenters. The largest absolute Gasteiger partial charge is 0.493 e. The lowest BCUT2D eigenvalue weighted by atomic mass is 9.85. The van der Waals surface area contributed by atoms with Crippen LogP contribution in [0.15, 0.2) is 58.9 Å². The van der Waals surface area contributed by atoms with Crippen molar-refractivity contribution in [3.05, 3.63) is 64.9 Å². The monoisotopic (exact) mass is 478 g/mol. The Hall–Kier alpha value is -3.46. The van der Waals surface area contributed by atoms with Crippen molar-refractivity contribution in [3.63, 3.8) is 0 Å². The number of methoxy groups -OCH3 is 3. The van der Waals surface area contributed by atoms with E-state index in [9.17, 15) is 4.79 Å². The normalized spacial score (nSPS) is 17.0. The molecule has 2 aromatic carbocycles. The molecule has 1 aliphatic carbocycles. The van der Waals surface area contributed by atoms with Crippen LogP contribution in [-0.4, -0.2) is 41.9 Å². The predicted octanol–water partition coefficient (Wildman–Crippen LogP) is 4.62. The van der Waals surface area contributed by atoms with Gasteiger partial charge in [0.25, 0.3) is 0 Å². The van der Waals surface area contributed by atoms with Gasteiger partial charge >= 0.3 is 0 Å². The molecule has 1 N–H and O–H groups in total. The lowest BCUT2D eigenvalue weighted by Crippen LogP contribution is -2.31. The van der Waals surface area contributed by atoms with Gasteiger partial charge in [0.15, 0.2) is 17.3 Å². The smallest absolute Gasteiger partial charge is 0.227 e. The average Bonchev–Trinajstić information content (AvgIpc) is 3.28. The summed E-state index contributed by atoms with van der Waals surface area (Å²) in [6, 6.07) is 13.5. The van der Waals surface area contributed by atoms with E-state index in [1.165, 1.54) is 5.56 Å². The van der Waals surface area contributed by atoms with Gasteiger partial charge in [-0.25, -0.2) is 4.68 Å². The number of carbonyl (C=O) groups is 1. The molecular weight excluding hydrogens is 452 g/mol. The molecule has 0 saturated carbocycles. The first kappa shape index (κ1) is 22.3. The summed E-state index contributed by atoms with van der Waals surface area (Å²) in [5.74, 6) is 3.06. The molecule has 176 valence electrons. The van der Waals surface area contributed by atoms with Crippen molar-refractivity contribution in [1.29, 1.82) is 0 Å². The zero-order valence-corrected chi connectivity index (χ0v) is 20.1. The number of nitrogens with one attached hydrogen (secondary N) is 1. The number of carbonyl (C=O) groups excluding carboxylic acids is 1. The van der Waals surface area contributed by atoms with Crippen LogP contribution in [0.3, 0.4) is 0 Å². The Morgan fingerprint density at radius 2 is 1.79 bits per heavy atom. The molecule has 0 spiro atoms. The molecule has 2 heterocycles. The fourth-order valence-corrected chi connectivity index (χ4v) is 5.27. The number of benzene rings is 2. The number of ketones is 1. The van der Waals surface area contributed by atoms with Crippen molar-refractivity contribution in [1.82, 2.24) is 14.8 Å². The zero-order valence-electron chi connectivity index (χ0n) is 19.3. The minimum absolute atomic E-state index is 0.118. The van der Waals surface area contributed by atoms with Gasteiger partial charge in [-0.3, -0.25) is 4.79 Å². The van der Waals surface area contributed by atoms with Gasteiger partial charge in [0, 0.05) is 23.4 Å². The highest BCUT2D eigenvalue weighted by molar-refractivity contribution is 7.98. The Morgan fingerprint density at radius 1 is 1.06 bits per heavy atom. The second kappa shape index (κ2) is 9.42. The molecule has 5 rings (SSSR count). The fourth-order valence-electron chi connectivity index (χ4n) is 4.49. The van der Waals surface area contributed by atoms with E-state index in [1.807, 2.05) is 30.3 Å². The van der Waals surface area contributed by atoms with Crippen molar-refractivity contribution in [2.24, 2.45) is 0 Å². The van der Waals surface area contributed by atoms with Crippen LogP contribution >= 0.6 is 11.8 Å². The Morgan fingerprint density at radius 3 is 2.47 bits per heavy atom. The minimum Gasteiger partial charge on any atom is -0.493 e. The number of aromatic nitrogens is 3. The Bertz CT molecular complexity index is 1230. The molecule has 0 amide bonds. The van der Waals surface area contributed by atoms with Gasteiger partial charge in [0.2, 0.25) is 16.9 Å². The highest BCUT2D eigenvalue weighted by Gasteiger charge is 2.37. The molecule has 0 bridgehead atoms. The van der Waals surface area contributed by atoms with Gasteiger partial charge in [-0.2, -0.15) is 4.98 Å². The summed E-state index contributed by atoms with van der Waals surface area (Å²) in [5.41, 5.74) is 3.65. The maximum atomic E-state index is 13.1. The Kier molecular flexibility index (Phi) is 6.19. The van der Waals surface area contributed by atoms with Crippen LogP contribution in [0, 0.1) is 0 Å². The molecule has 1 aliphatic heterocycles. The van der Waals surface area contributed by atoms with E-state index >= 15 is 0 Å². The number of fused-ring (bicyclic) bond motifs is 1. The van der Waals surface area contributed by atoms with Crippen LogP contribution in [-0.2, 0) is 10.5 Å². The molecule has 34 heavy (non-hydrogen) atoms. The molecular formula is C25H26N4O4S. The number of rotatable bonds is 7. The van der Waals surface area contributed by atoms with Crippen LogP contribution in [0.1, 0.15) is 36.4 Å².